The fourth-order valence-electron chi connectivity index (χ4n) is 4.49. The molecule has 0 unspecified atom stereocenters. The standard InChI is InChI=1S/C29H21N5O2/c30-16-19-5-8-21(9-6-19)36-14-13-34-18-24(22-11-12-31-17-28(22)34)20-7-10-23-27(15-20)32-25-3-1-2-4-26(25)33-29(23)35/h1-12,15,17-18,32H,13-14H2,(H,33,35). The van der Waals surface area contributed by atoms with Crippen molar-refractivity contribution in [2.24, 2.45) is 0 Å². The molecule has 1 aliphatic rings. The third-order valence-electron chi connectivity index (χ3n) is 6.29. The first-order valence-corrected chi connectivity index (χ1v) is 11.6. The minimum Gasteiger partial charge on any atom is -0.492 e. The van der Waals surface area contributed by atoms with Gasteiger partial charge in [0.05, 0.1) is 52.5 Å². The van der Waals surface area contributed by atoms with E-state index in [1.54, 1.807) is 30.5 Å². The summed E-state index contributed by atoms with van der Waals surface area (Å²) in [4.78, 5) is 17.1. The Morgan fingerprint density at radius 1 is 0.917 bits per heavy atom. The molecule has 0 saturated heterocycles. The summed E-state index contributed by atoms with van der Waals surface area (Å²) in [7, 11) is 0. The molecule has 3 heterocycles. The molecule has 36 heavy (non-hydrogen) atoms. The molecule has 2 aromatic heterocycles. The lowest BCUT2D eigenvalue weighted by molar-refractivity contribution is 0.102. The van der Waals surface area contributed by atoms with E-state index in [2.05, 4.69) is 32.5 Å². The van der Waals surface area contributed by atoms with E-state index >= 15 is 0 Å². The van der Waals surface area contributed by atoms with Gasteiger partial charge in [0, 0.05) is 23.3 Å². The Morgan fingerprint density at radius 3 is 2.53 bits per heavy atom. The fraction of sp³-hybridized carbons (Fsp3) is 0.0690. The molecule has 7 nitrogen and oxygen atoms in total. The Labute approximate surface area is 207 Å². The number of rotatable bonds is 5. The van der Waals surface area contributed by atoms with Gasteiger partial charge in [-0.3, -0.25) is 9.78 Å². The molecular formula is C29H21N5O2. The number of para-hydroxylation sites is 2. The lowest BCUT2D eigenvalue weighted by atomic mass is 10.0. The second-order valence-electron chi connectivity index (χ2n) is 8.50. The van der Waals surface area contributed by atoms with E-state index in [0.717, 1.165) is 44.8 Å². The Kier molecular flexibility index (Phi) is 5.32. The molecule has 0 aliphatic carbocycles. The second kappa shape index (κ2) is 8.93. The van der Waals surface area contributed by atoms with Crippen molar-refractivity contribution in [3.05, 3.63) is 103 Å². The summed E-state index contributed by atoms with van der Waals surface area (Å²) in [6.45, 7) is 1.09. The first-order valence-electron chi connectivity index (χ1n) is 11.6. The molecule has 0 bridgehead atoms. The Balaban J connectivity index is 1.31. The number of nitrogens with one attached hydrogen (secondary N) is 2. The SMILES string of the molecule is N#Cc1ccc(OCCn2cc(-c3ccc4c(c3)Nc3ccccc3NC4=O)c3ccncc32)cc1. The largest absolute Gasteiger partial charge is 0.492 e. The summed E-state index contributed by atoms with van der Waals surface area (Å²) in [5.74, 6) is 0.583. The summed E-state index contributed by atoms with van der Waals surface area (Å²) in [5.41, 5.74) is 6.61. The molecule has 2 N–H and O–H groups in total. The highest BCUT2D eigenvalue weighted by Crippen LogP contribution is 2.37. The number of carbonyl (C=O) groups is 1. The van der Waals surface area contributed by atoms with Crippen molar-refractivity contribution in [3.8, 4) is 22.9 Å². The predicted octanol–water partition coefficient (Wildman–Crippen LogP) is 5.96. The Morgan fingerprint density at radius 2 is 1.72 bits per heavy atom. The Bertz CT molecular complexity index is 1650. The predicted molar refractivity (Wildman–Crippen MR) is 139 cm³/mol. The molecule has 3 aromatic carbocycles. The lowest BCUT2D eigenvalue weighted by Gasteiger charge is -2.10. The quantitative estimate of drug-likeness (QED) is 0.330. The summed E-state index contributed by atoms with van der Waals surface area (Å²) in [5, 5.41) is 16.4. The number of hydrogen-bond donors (Lipinski definition) is 2. The monoisotopic (exact) mass is 471 g/mol. The van der Waals surface area contributed by atoms with E-state index in [1.165, 1.54) is 0 Å². The van der Waals surface area contributed by atoms with Gasteiger partial charge in [0.15, 0.2) is 0 Å². The molecular weight excluding hydrogens is 450 g/mol. The van der Waals surface area contributed by atoms with E-state index in [4.69, 9.17) is 10.00 Å². The first-order chi connectivity index (χ1) is 17.7. The van der Waals surface area contributed by atoms with Crippen LogP contribution in [0.2, 0.25) is 0 Å². The maximum atomic E-state index is 12.8. The van der Waals surface area contributed by atoms with Crippen LogP contribution in [0.15, 0.2) is 91.4 Å². The molecule has 0 radical (unpaired) electrons. The average Bonchev–Trinajstić information content (AvgIpc) is 3.21. The van der Waals surface area contributed by atoms with Crippen molar-refractivity contribution < 1.29 is 9.53 Å². The number of anilines is 3. The smallest absolute Gasteiger partial charge is 0.257 e. The van der Waals surface area contributed by atoms with Crippen molar-refractivity contribution in [2.45, 2.75) is 6.54 Å². The number of aromatic nitrogens is 2. The van der Waals surface area contributed by atoms with Crippen molar-refractivity contribution >= 4 is 33.9 Å². The number of pyridine rings is 1. The van der Waals surface area contributed by atoms with Gasteiger partial charge in [0.1, 0.15) is 12.4 Å². The molecule has 0 fully saturated rings. The van der Waals surface area contributed by atoms with Crippen LogP contribution in [0.4, 0.5) is 17.1 Å². The van der Waals surface area contributed by atoms with Crippen LogP contribution in [0.5, 0.6) is 5.75 Å². The topological polar surface area (TPSA) is 92.0 Å². The second-order valence-corrected chi connectivity index (χ2v) is 8.50. The molecule has 174 valence electrons. The van der Waals surface area contributed by atoms with E-state index in [0.29, 0.717) is 24.3 Å². The van der Waals surface area contributed by atoms with Crippen LogP contribution in [0.1, 0.15) is 15.9 Å². The molecule has 5 aromatic rings. The number of ether oxygens (including phenoxy) is 1. The van der Waals surface area contributed by atoms with Crippen molar-refractivity contribution in [2.75, 3.05) is 17.2 Å². The van der Waals surface area contributed by atoms with Gasteiger partial charge >= 0.3 is 0 Å². The fourth-order valence-corrected chi connectivity index (χ4v) is 4.49. The van der Waals surface area contributed by atoms with E-state index < -0.39 is 0 Å². The third kappa shape index (κ3) is 3.91. The van der Waals surface area contributed by atoms with Gasteiger partial charge in [-0.1, -0.05) is 18.2 Å². The van der Waals surface area contributed by atoms with Crippen LogP contribution in [-0.4, -0.2) is 22.1 Å². The van der Waals surface area contributed by atoms with Crippen LogP contribution >= 0.6 is 0 Å². The van der Waals surface area contributed by atoms with E-state index in [1.807, 2.05) is 54.7 Å². The summed E-state index contributed by atoms with van der Waals surface area (Å²) >= 11 is 0. The van der Waals surface area contributed by atoms with Gasteiger partial charge in [0.2, 0.25) is 0 Å². The van der Waals surface area contributed by atoms with Gasteiger partial charge in [-0.15, -0.1) is 0 Å². The van der Waals surface area contributed by atoms with Gasteiger partial charge in [0.25, 0.3) is 5.91 Å². The van der Waals surface area contributed by atoms with Gasteiger partial charge in [-0.05, 0) is 60.2 Å². The molecule has 1 amide bonds. The third-order valence-corrected chi connectivity index (χ3v) is 6.29. The molecule has 6 rings (SSSR count). The van der Waals surface area contributed by atoms with Crippen LogP contribution in [0.3, 0.4) is 0 Å². The van der Waals surface area contributed by atoms with Crippen LogP contribution in [-0.2, 0) is 6.54 Å². The van der Waals surface area contributed by atoms with Crippen LogP contribution < -0.4 is 15.4 Å². The highest BCUT2D eigenvalue weighted by molar-refractivity contribution is 6.12. The summed E-state index contributed by atoms with van der Waals surface area (Å²) in [6, 6.07) is 24.7. The number of hydrogen-bond acceptors (Lipinski definition) is 5. The molecule has 0 atom stereocenters. The number of nitrogens with zero attached hydrogens (tertiary/aromatic N) is 3. The van der Waals surface area contributed by atoms with E-state index in [-0.39, 0.29) is 5.91 Å². The molecule has 0 saturated carbocycles. The van der Waals surface area contributed by atoms with E-state index in [9.17, 15) is 4.79 Å². The van der Waals surface area contributed by atoms with Crippen LogP contribution in [0, 0.1) is 11.3 Å². The zero-order valence-electron chi connectivity index (χ0n) is 19.2. The molecule has 7 heteroatoms. The number of benzene rings is 3. The summed E-state index contributed by atoms with van der Waals surface area (Å²) in [6.07, 6.45) is 5.74. The first kappa shape index (κ1) is 21.4. The zero-order valence-corrected chi connectivity index (χ0v) is 19.2. The average molecular weight is 472 g/mol. The normalized spacial score (nSPS) is 12.0. The minimum atomic E-state index is -0.138. The number of carbonyl (C=O) groups excluding carboxylic acids is 1. The van der Waals surface area contributed by atoms with Crippen LogP contribution in [0.25, 0.3) is 22.0 Å². The number of nitriles is 1. The highest BCUT2D eigenvalue weighted by Gasteiger charge is 2.20. The Hall–Kier alpha value is -5.09. The highest BCUT2D eigenvalue weighted by atomic mass is 16.5. The van der Waals surface area contributed by atoms with Gasteiger partial charge in [-0.2, -0.15) is 5.26 Å². The maximum Gasteiger partial charge on any atom is 0.257 e. The minimum absolute atomic E-state index is 0.138. The van der Waals surface area contributed by atoms with Crippen molar-refractivity contribution in [1.29, 1.82) is 5.26 Å². The van der Waals surface area contributed by atoms with Crippen molar-refractivity contribution in [3.63, 3.8) is 0 Å². The number of amides is 1. The summed E-state index contributed by atoms with van der Waals surface area (Å²) < 4.78 is 8.03. The molecule has 0 spiro atoms. The van der Waals surface area contributed by atoms with Gasteiger partial charge < -0.3 is 19.9 Å². The zero-order chi connectivity index (χ0) is 24.5. The lowest BCUT2D eigenvalue weighted by Crippen LogP contribution is -2.10. The number of fused-ring (bicyclic) bond motifs is 3. The molecule has 1 aliphatic heterocycles. The van der Waals surface area contributed by atoms with Gasteiger partial charge in [-0.25, -0.2) is 0 Å². The van der Waals surface area contributed by atoms with Crippen molar-refractivity contribution in [1.82, 2.24) is 9.55 Å². The maximum absolute atomic E-state index is 12.8.